The fraction of sp³-hybridized carbons (Fsp3) is 0.632. The molecule has 0 spiro atoms. The number of carbonyl (C=O) groups excluding carboxylic acids is 1. The summed E-state index contributed by atoms with van der Waals surface area (Å²) in [6.45, 7) is 3.32. The normalized spacial score (nSPS) is 27.4. The second kappa shape index (κ2) is 6.91. The van der Waals surface area contributed by atoms with E-state index in [2.05, 4.69) is 19.1 Å². The van der Waals surface area contributed by atoms with Gasteiger partial charge in [0, 0.05) is 19.5 Å². The van der Waals surface area contributed by atoms with E-state index in [-0.39, 0.29) is 12.0 Å². The molecule has 1 heterocycles. The molecular formula is C19H27NO3. The number of piperidine rings is 1. The quantitative estimate of drug-likeness (QED) is 0.932. The third kappa shape index (κ3) is 3.52. The number of aryl methyl sites for hydroxylation is 1. The van der Waals surface area contributed by atoms with Gasteiger partial charge in [-0.15, -0.1) is 0 Å². The number of nitrogens with zero attached hydrogens (tertiary/aromatic N) is 1. The van der Waals surface area contributed by atoms with Crippen LogP contribution in [0.25, 0.3) is 0 Å². The minimum absolute atomic E-state index is 0.185. The minimum Gasteiger partial charge on any atom is -0.497 e. The summed E-state index contributed by atoms with van der Waals surface area (Å²) in [5.41, 5.74) is 2.62. The smallest absolute Gasteiger partial charge is 0.223 e. The van der Waals surface area contributed by atoms with Crippen LogP contribution in [0, 0.1) is 5.92 Å². The first-order valence-corrected chi connectivity index (χ1v) is 8.71. The molecule has 0 aromatic heterocycles. The molecule has 1 aliphatic heterocycles. The second-order valence-corrected chi connectivity index (χ2v) is 7.03. The number of hydrogen-bond donors (Lipinski definition) is 1. The first-order chi connectivity index (χ1) is 11.1. The Bertz CT molecular complexity index is 572. The van der Waals surface area contributed by atoms with Crippen LogP contribution in [0.1, 0.15) is 49.7 Å². The van der Waals surface area contributed by atoms with Crippen LogP contribution in [0.2, 0.25) is 0 Å². The average molecular weight is 317 g/mol. The summed E-state index contributed by atoms with van der Waals surface area (Å²) in [4.78, 5) is 14.5. The molecule has 0 bridgehead atoms. The van der Waals surface area contributed by atoms with Crippen molar-refractivity contribution in [1.82, 2.24) is 4.90 Å². The van der Waals surface area contributed by atoms with Crippen molar-refractivity contribution in [2.24, 2.45) is 5.92 Å². The summed E-state index contributed by atoms with van der Waals surface area (Å²) in [6, 6.07) is 6.23. The van der Waals surface area contributed by atoms with Crippen LogP contribution < -0.4 is 4.74 Å². The van der Waals surface area contributed by atoms with Crippen LogP contribution in [0.3, 0.4) is 0 Å². The lowest BCUT2D eigenvalue weighted by atomic mass is 9.80. The highest BCUT2D eigenvalue weighted by Gasteiger charge is 2.30. The molecule has 4 heteroatoms. The number of aliphatic hydroxyl groups excluding tert-OH is 1. The van der Waals surface area contributed by atoms with Crippen LogP contribution in [-0.2, 0) is 11.2 Å². The fourth-order valence-electron chi connectivity index (χ4n) is 3.85. The maximum atomic E-state index is 12.6. The highest BCUT2D eigenvalue weighted by Crippen LogP contribution is 2.36. The Morgan fingerprint density at radius 2 is 2.22 bits per heavy atom. The highest BCUT2D eigenvalue weighted by molar-refractivity contribution is 5.77. The molecule has 1 amide bonds. The van der Waals surface area contributed by atoms with Gasteiger partial charge in [-0.25, -0.2) is 0 Å². The van der Waals surface area contributed by atoms with Crippen LogP contribution in [-0.4, -0.2) is 42.2 Å². The van der Waals surface area contributed by atoms with Crippen molar-refractivity contribution in [2.75, 3.05) is 20.2 Å². The van der Waals surface area contributed by atoms with E-state index in [1.165, 1.54) is 11.1 Å². The number of rotatable bonds is 3. The van der Waals surface area contributed by atoms with Gasteiger partial charge in [0.1, 0.15) is 5.75 Å². The molecule has 1 aliphatic carbocycles. The molecule has 2 aliphatic rings. The third-order valence-electron chi connectivity index (χ3n) is 5.48. The molecule has 3 rings (SSSR count). The zero-order valence-corrected chi connectivity index (χ0v) is 14.1. The molecule has 126 valence electrons. The number of likely N-dealkylation sites (tertiary alicyclic amines) is 1. The predicted octanol–water partition coefficient (Wildman–Crippen LogP) is 2.73. The van der Waals surface area contributed by atoms with Crippen molar-refractivity contribution in [3.8, 4) is 5.75 Å². The molecule has 23 heavy (non-hydrogen) atoms. The first kappa shape index (κ1) is 16.3. The van der Waals surface area contributed by atoms with Crippen molar-refractivity contribution in [2.45, 2.75) is 51.0 Å². The molecule has 3 atom stereocenters. The maximum Gasteiger partial charge on any atom is 0.223 e. The van der Waals surface area contributed by atoms with E-state index >= 15 is 0 Å². The number of amides is 1. The zero-order valence-electron chi connectivity index (χ0n) is 14.1. The number of aliphatic hydroxyl groups is 1. The van der Waals surface area contributed by atoms with Crippen molar-refractivity contribution in [1.29, 1.82) is 0 Å². The predicted molar refractivity (Wildman–Crippen MR) is 89.7 cm³/mol. The van der Waals surface area contributed by atoms with Crippen molar-refractivity contribution in [3.05, 3.63) is 29.3 Å². The Morgan fingerprint density at radius 1 is 1.39 bits per heavy atom. The number of methoxy groups -OCH3 is 1. The molecular weight excluding hydrogens is 290 g/mol. The fourth-order valence-corrected chi connectivity index (χ4v) is 3.85. The number of carbonyl (C=O) groups is 1. The molecule has 1 aromatic carbocycles. The van der Waals surface area contributed by atoms with Gasteiger partial charge in [0.25, 0.3) is 0 Å². The van der Waals surface area contributed by atoms with Crippen LogP contribution >= 0.6 is 0 Å². The Kier molecular flexibility index (Phi) is 4.90. The largest absolute Gasteiger partial charge is 0.497 e. The SMILES string of the molecule is COc1ccc2c(c1)CCCC2CC(=O)N1CCC(C)C(O)C1. The van der Waals surface area contributed by atoms with Crippen molar-refractivity contribution < 1.29 is 14.6 Å². The lowest BCUT2D eigenvalue weighted by Crippen LogP contribution is -2.46. The zero-order chi connectivity index (χ0) is 16.4. The Labute approximate surface area is 138 Å². The van der Waals surface area contributed by atoms with Gasteiger partial charge in [0.2, 0.25) is 5.91 Å². The van der Waals surface area contributed by atoms with E-state index in [1.54, 1.807) is 7.11 Å². The van der Waals surface area contributed by atoms with Crippen LogP contribution in [0.15, 0.2) is 18.2 Å². The van der Waals surface area contributed by atoms with Crippen molar-refractivity contribution in [3.63, 3.8) is 0 Å². The number of ether oxygens (including phenoxy) is 1. The van der Waals surface area contributed by atoms with Crippen molar-refractivity contribution >= 4 is 5.91 Å². The van der Waals surface area contributed by atoms with E-state index in [9.17, 15) is 9.90 Å². The molecule has 4 nitrogen and oxygen atoms in total. The lowest BCUT2D eigenvalue weighted by molar-refractivity contribution is -0.135. The summed E-state index contributed by atoms with van der Waals surface area (Å²) in [7, 11) is 1.69. The molecule has 1 saturated heterocycles. The van der Waals surface area contributed by atoms with E-state index in [1.807, 2.05) is 11.0 Å². The van der Waals surface area contributed by atoms with Gasteiger partial charge in [-0.1, -0.05) is 13.0 Å². The molecule has 0 saturated carbocycles. The standard InChI is InChI=1S/C19H27NO3/c1-13-8-9-20(12-18(13)21)19(22)11-15-5-3-4-14-10-16(23-2)6-7-17(14)15/h6-7,10,13,15,18,21H,3-5,8-9,11-12H2,1-2H3. The molecule has 3 unspecified atom stereocenters. The second-order valence-electron chi connectivity index (χ2n) is 7.03. The summed E-state index contributed by atoms with van der Waals surface area (Å²) >= 11 is 0. The summed E-state index contributed by atoms with van der Waals surface area (Å²) in [5, 5.41) is 10.0. The lowest BCUT2D eigenvalue weighted by Gasteiger charge is -2.35. The van der Waals surface area contributed by atoms with E-state index < -0.39 is 0 Å². The van der Waals surface area contributed by atoms with E-state index in [4.69, 9.17) is 4.74 Å². The monoisotopic (exact) mass is 317 g/mol. The Hall–Kier alpha value is -1.55. The average Bonchev–Trinajstić information content (AvgIpc) is 2.57. The Morgan fingerprint density at radius 3 is 2.96 bits per heavy atom. The minimum atomic E-state index is -0.379. The summed E-state index contributed by atoms with van der Waals surface area (Å²) in [5.74, 6) is 1.67. The Balaban J connectivity index is 1.68. The van der Waals surface area contributed by atoms with Gasteiger partial charge >= 0.3 is 0 Å². The van der Waals surface area contributed by atoms with E-state index in [0.29, 0.717) is 24.8 Å². The topological polar surface area (TPSA) is 49.8 Å². The highest BCUT2D eigenvalue weighted by atomic mass is 16.5. The van der Waals surface area contributed by atoms with Gasteiger partial charge in [-0.2, -0.15) is 0 Å². The molecule has 1 aromatic rings. The number of β-amino-alcohol motifs (C(OH)–C–C–N with tert-alkyl or cyclic N) is 1. The van der Waals surface area contributed by atoms with Gasteiger partial charge in [-0.05, 0) is 60.8 Å². The van der Waals surface area contributed by atoms with Gasteiger partial charge < -0.3 is 14.7 Å². The first-order valence-electron chi connectivity index (χ1n) is 8.71. The van der Waals surface area contributed by atoms with Gasteiger partial charge in [0.05, 0.1) is 13.2 Å². The number of hydrogen-bond acceptors (Lipinski definition) is 3. The van der Waals surface area contributed by atoms with Gasteiger partial charge in [0.15, 0.2) is 0 Å². The molecule has 0 radical (unpaired) electrons. The molecule has 1 N–H and O–H groups in total. The molecule has 1 fully saturated rings. The third-order valence-corrected chi connectivity index (χ3v) is 5.48. The van der Waals surface area contributed by atoms with Crippen LogP contribution in [0.5, 0.6) is 5.75 Å². The van der Waals surface area contributed by atoms with Gasteiger partial charge in [-0.3, -0.25) is 4.79 Å². The number of benzene rings is 1. The summed E-state index contributed by atoms with van der Waals surface area (Å²) in [6.07, 6.45) is 4.33. The number of fused-ring (bicyclic) bond motifs is 1. The maximum absolute atomic E-state index is 12.6. The van der Waals surface area contributed by atoms with E-state index in [0.717, 1.165) is 38.0 Å². The summed E-state index contributed by atoms with van der Waals surface area (Å²) < 4.78 is 5.31. The van der Waals surface area contributed by atoms with Crippen LogP contribution in [0.4, 0.5) is 0 Å².